The zero-order valence-electron chi connectivity index (χ0n) is 13.0. The van der Waals surface area contributed by atoms with E-state index in [9.17, 15) is 23.1 Å². The van der Waals surface area contributed by atoms with E-state index < -0.39 is 24.6 Å². The molecular formula is C16H21F3N2O2. The van der Waals surface area contributed by atoms with Crippen molar-refractivity contribution in [2.45, 2.75) is 38.0 Å². The Morgan fingerprint density at radius 3 is 2.35 bits per heavy atom. The molecule has 1 fully saturated rings. The van der Waals surface area contributed by atoms with Crippen molar-refractivity contribution in [2.24, 2.45) is 0 Å². The van der Waals surface area contributed by atoms with E-state index in [0.29, 0.717) is 13.0 Å². The lowest BCUT2D eigenvalue weighted by molar-refractivity contribution is -0.271. The smallest absolute Gasteiger partial charge is 0.380 e. The standard InChI is InChI=1S/C16H21F3N2O2/c1-12-2-4-13(5-3-12)6-9-20-14(22)21-10-7-15(23,8-11-21)16(17,18)19/h2-5,23H,6-11H2,1H3,(H,20,22). The van der Waals surface area contributed by atoms with Gasteiger partial charge >= 0.3 is 12.2 Å². The predicted octanol–water partition coefficient (Wildman–Crippen LogP) is 2.64. The van der Waals surface area contributed by atoms with E-state index in [1.165, 1.54) is 4.90 Å². The van der Waals surface area contributed by atoms with E-state index in [4.69, 9.17) is 0 Å². The molecule has 128 valence electrons. The first-order chi connectivity index (χ1) is 10.7. The van der Waals surface area contributed by atoms with Crippen LogP contribution in [0.25, 0.3) is 0 Å². The fourth-order valence-electron chi connectivity index (χ4n) is 2.54. The first kappa shape index (κ1) is 17.6. The van der Waals surface area contributed by atoms with Gasteiger partial charge in [0.05, 0.1) is 0 Å². The van der Waals surface area contributed by atoms with Crippen LogP contribution in [0.2, 0.25) is 0 Å². The molecule has 1 heterocycles. The molecule has 0 atom stereocenters. The van der Waals surface area contributed by atoms with Crippen molar-refractivity contribution in [3.05, 3.63) is 35.4 Å². The number of rotatable bonds is 3. The summed E-state index contributed by atoms with van der Waals surface area (Å²) in [6.07, 6.45) is -4.96. The molecule has 1 aromatic carbocycles. The molecule has 2 N–H and O–H groups in total. The number of hydrogen-bond donors (Lipinski definition) is 2. The van der Waals surface area contributed by atoms with Gasteiger partial charge in [0.25, 0.3) is 0 Å². The lowest BCUT2D eigenvalue weighted by atomic mass is 9.91. The number of alkyl halides is 3. The van der Waals surface area contributed by atoms with Crippen LogP contribution in [0.4, 0.5) is 18.0 Å². The highest BCUT2D eigenvalue weighted by atomic mass is 19.4. The number of carbonyl (C=O) groups excluding carboxylic acids is 1. The molecule has 7 heteroatoms. The summed E-state index contributed by atoms with van der Waals surface area (Å²) in [5.74, 6) is 0. The summed E-state index contributed by atoms with van der Waals surface area (Å²) in [4.78, 5) is 13.3. The molecule has 4 nitrogen and oxygen atoms in total. The number of nitrogens with zero attached hydrogens (tertiary/aromatic N) is 1. The van der Waals surface area contributed by atoms with Crippen LogP contribution < -0.4 is 5.32 Å². The molecule has 2 amide bonds. The Labute approximate surface area is 133 Å². The van der Waals surface area contributed by atoms with Gasteiger partial charge < -0.3 is 15.3 Å². The van der Waals surface area contributed by atoms with Gasteiger partial charge in [0.15, 0.2) is 5.60 Å². The van der Waals surface area contributed by atoms with Crippen LogP contribution in [-0.4, -0.2) is 47.4 Å². The van der Waals surface area contributed by atoms with Crippen molar-refractivity contribution >= 4 is 6.03 Å². The van der Waals surface area contributed by atoms with Crippen molar-refractivity contribution in [3.63, 3.8) is 0 Å². The van der Waals surface area contributed by atoms with Crippen molar-refractivity contribution in [2.75, 3.05) is 19.6 Å². The summed E-state index contributed by atoms with van der Waals surface area (Å²) in [6, 6.07) is 7.54. The minimum atomic E-state index is -4.65. The van der Waals surface area contributed by atoms with Crippen molar-refractivity contribution < 1.29 is 23.1 Å². The molecule has 0 aromatic heterocycles. The summed E-state index contributed by atoms with van der Waals surface area (Å²) >= 11 is 0. The summed E-state index contributed by atoms with van der Waals surface area (Å²) < 4.78 is 38.1. The normalized spacial score (nSPS) is 17.9. The van der Waals surface area contributed by atoms with Gasteiger partial charge in [-0.3, -0.25) is 0 Å². The van der Waals surface area contributed by atoms with Crippen LogP contribution in [0.15, 0.2) is 24.3 Å². The molecule has 23 heavy (non-hydrogen) atoms. The van der Waals surface area contributed by atoms with Crippen LogP contribution >= 0.6 is 0 Å². The fourth-order valence-corrected chi connectivity index (χ4v) is 2.54. The third-order valence-electron chi connectivity index (χ3n) is 4.22. The number of likely N-dealkylation sites (tertiary alicyclic amines) is 1. The summed E-state index contributed by atoms with van der Waals surface area (Å²) in [5.41, 5.74) is -0.435. The molecule has 0 radical (unpaired) electrons. The van der Waals surface area contributed by atoms with Crippen LogP contribution in [0, 0.1) is 6.92 Å². The van der Waals surface area contributed by atoms with Gasteiger partial charge in [-0.25, -0.2) is 4.79 Å². The molecule has 2 rings (SSSR count). The average molecular weight is 330 g/mol. The highest BCUT2D eigenvalue weighted by Crippen LogP contribution is 2.38. The Morgan fingerprint density at radius 1 is 1.26 bits per heavy atom. The molecule has 0 spiro atoms. The van der Waals surface area contributed by atoms with Crippen LogP contribution in [0.3, 0.4) is 0 Å². The average Bonchev–Trinajstić information content (AvgIpc) is 2.49. The number of carbonyl (C=O) groups is 1. The largest absolute Gasteiger partial charge is 0.417 e. The van der Waals surface area contributed by atoms with Crippen molar-refractivity contribution in [1.82, 2.24) is 10.2 Å². The maximum atomic E-state index is 12.7. The van der Waals surface area contributed by atoms with E-state index in [-0.39, 0.29) is 19.1 Å². The second-order valence-electron chi connectivity index (χ2n) is 5.98. The lowest BCUT2D eigenvalue weighted by Crippen LogP contribution is -2.55. The topological polar surface area (TPSA) is 52.6 Å². The number of amides is 2. The van der Waals surface area contributed by atoms with Gasteiger partial charge in [0.2, 0.25) is 0 Å². The molecule has 1 aliphatic heterocycles. The number of halogens is 3. The third-order valence-corrected chi connectivity index (χ3v) is 4.22. The zero-order chi connectivity index (χ0) is 17.1. The number of nitrogens with one attached hydrogen (secondary N) is 1. The molecule has 0 saturated carbocycles. The van der Waals surface area contributed by atoms with Gasteiger partial charge in [-0.05, 0) is 18.9 Å². The first-order valence-corrected chi connectivity index (χ1v) is 7.59. The Hall–Kier alpha value is -1.76. The fraction of sp³-hybridized carbons (Fsp3) is 0.562. The van der Waals surface area contributed by atoms with Crippen molar-refractivity contribution in [1.29, 1.82) is 0 Å². The SMILES string of the molecule is Cc1ccc(CCNC(=O)N2CCC(O)(C(F)(F)F)CC2)cc1. The number of hydrogen-bond acceptors (Lipinski definition) is 2. The van der Waals surface area contributed by atoms with Gasteiger partial charge in [-0.2, -0.15) is 13.2 Å². The van der Waals surface area contributed by atoms with E-state index in [2.05, 4.69) is 5.32 Å². The second kappa shape index (κ2) is 6.78. The molecule has 1 aromatic rings. The van der Waals surface area contributed by atoms with Crippen LogP contribution in [-0.2, 0) is 6.42 Å². The summed E-state index contributed by atoms with van der Waals surface area (Å²) in [5, 5.41) is 12.3. The van der Waals surface area contributed by atoms with Gasteiger partial charge in [-0.15, -0.1) is 0 Å². The minimum absolute atomic E-state index is 0.105. The van der Waals surface area contributed by atoms with E-state index in [1.807, 2.05) is 31.2 Å². The van der Waals surface area contributed by atoms with E-state index in [1.54, 1.807) is 0 Å². The first-order valence-electron chi connectivity index (χ1n) is 7.59. The monoisotopic (exact) mass is 330 g/mol. The Balaban J connectivity index is 1.76. The van der Waals surface area contributed by atoms with Gasteiger partial charge in [0, 0.05) is 32.5 Å². The quantitative estimate of drug-likeness (QED) is 0.895. The lowest BCUT2D eigenvalue weighted by Gasteiger charge is -2.39. The molecule has 0 aliphatic carbocycles. The number of piperidine rings is 1. The summed E-state index contributed by atoms with van der Waals surface area (Å²) in [6.45, 7) is 2.20. The number of aryl methyl sites for hydroxylation is 1. The third kappa shape index (κ3) is 4.37. The highest BCUT2D eigenvalue weighted by molar-refractivity contribution is 5.74. The van der Waals surface area contributed by atoms with E-state index in [0.717, 1.165) is 11.1 Å². The zero-order valence-corrected chi connectivity index (χ0v) is 13.0. The number of aliphatic hydroxyl groups is 1. The van der Waals surface area contributed by atoms with Crippen molar-refractivity contribution in [3.8, 4) is 0 Å². The number of urea groups is 1. The molecule has 0 bridgehead atoms. The predicted molar refractivity (Wildman–Crippen MR) is 80.1 cm³/mol. The van der Waals surface area contributed by atoms with E-state index >= 15 is 0 Å². The van der Waals surface area contributed by atoms with Gasteiger partial charge in [-0.1, -0.05) is 29.8 Å². The molecule has 1 saturated heterocycles. The minimum Gasteiger partial charge on any atom is -0.380 e. The molecular weight excluding hydrogens is 309 g/mol. The van der Waals surface area contributed by atoms with Gasteiger partial charge in [0.1, 0.15) is 0 Å². The Bertz CT molecular complexity index is 535. The highest BCUT2D eigenvalue weighted by Gasteiger charge is 2.54. The maximum Gasteiger partial charge on any atom is 0.417 e. The van der Waals surface area contributed by atoms with Crippen LogP contribution in [0.1, 0.15) is 24.0 Å². The molecule has 1 aliphatic rings. The maximum absolute atomic E-state index is 12.7. The second-order valence-corrected chi connectivity index (χ2v) is 5.98. The Kier molecular flexibility index (Phi) is 5.19. The molecule has 0 unspecified atom stereocenters. The summed E-state index contributed by atoms with van der Waals surface area (Å²) in [7, 11) is 0. The Morgan fingerprint density at radius 2 is 1.83 bits per heavy atom. The van der Waals surface area contributed by atoms with Crippen LogP contribution in [0.5, 0.6) is 0 Å². The number of benzene rings is 1.